The minimum Gasteiger partial charge on any atom is -0.387 e. The minimum absolute atomic E-state index is 0.247. The molecule has 0 spiro atoms. The highest BCUT2D eigenvalue weighted by Crippen LogP contribution is 2.36. The van der Waals surface area contributed by atoms with Crippen LogP contribution >= 0.6 is 23.8 Å². The molecule has 0 bridgehead atoms. The van der Waals surface area contributed by atoms with Crippen LogP contribution in [0.25, 0.3) is 0 Å². The molecular weight excluding hydrogens is 354 g/mol. The van der Waals surface area contributed by atoms with Crippen LogP contribution in [-0.2, 0) is 13.0 Å². The highest BCUT2D eigenvalue weighted by molar-refractivity contribution is 7.71. The van der Waals surface area contributed by atoms with E-state index in [1.165, 1.54) is 5.56 Å². The Balaban J connectivity index is 1.86. The van der Waals surface area contributed by atoms with Gasteiger partial charge in [0, 0.05) is 5.02 Å². The molecule has 2 rings (SSSR count). The zero-order chi connectivity index (χ0) is 18.5. The minimum atomic E-state index is -0.835. The van der Waals surface area contributed by atoms with Gasteiger partial charge >= 0.3 is 0 Å². The topological polar surface area (TPSA) is 53.8 Å². The zero-order valence-corrected chi connectivity index (χ0v) is 16.8. The van der Waals surface area contributed by atoms with Gasteiger partial charge in [0.15, 0.2) is 0 Å². The van der Waals surface area contributed by atoms with Crippen molar-refractivity contribution in [1.29, 1.82) is 0 Å². The Morgan fingerprint density at radius 3 is 2.40 bits per heavy atom. The number of nitrogens with zero attached hydrogens (tertiary/aromatic N) is 2. The van der Waals surface area contributed by atoms with Gasteiger partial charge in [-0.3, -0.25) is 9.78 Å². The highest BCUT2D eigenvalue weighted by atomic mass is 35.5. The molecule has 0 aliphatic rings. The van der Waals surface area contributed by atoms with Crippen molar-refractivity contribution in [1.82, 2.24) is 14.8 Å². The summed E-state index contributed by atoms with van der Waals surface area (Å²) >= 11 is 11.1. The van der Waals surface area contributed by atoms with E-state index in [1.54, 1.807) is 11.0 Å². The molecule has 2 N–H and O–H groups in total. The molecule has 1 atom stereocenters. The van der Waals surface area contributed by atoms with Crippen molar-refractivity contribution in [2.45, 2.75) is 65.0 Å². The smallest absolute Gasteiger partial charge is 0.215 e. The van der Waals surface area contributed by atoms with Crippen LogP contribution in [0.5, 0.6) is 0 Å². The number of hydrogen-bond acceptors (Lipinski definition) is 3. The van der Waals surface area contributed by atoms with Gasteiger partial charge in [0.1, 0.15) is 6.33 Å². The Bertz CT molecular complexity index is 717. The van der Waals surface area contributed by atoms with Gasteiger partial charge in [-0.15, -0.1) is 0 Å². The summed E-state index contributed by atoms with van der Waals surface area (Å²) in [7, 11) is 0. The molecule has 1 unspecified atom stereocenters. The third-order valence-electron chi connectivity index (χ3n) is 4.90. The van der Waals surface area contributed by atoms with Crippen LogP contribution in [0.1, 0.15) is 52.0 Å². The number of rotatable bonds is 8. The number of hydrogen-bond donors (Lipinski definition) is 2. The first-order valence-electron chi connectivity index (χ1n) is 8.78. The maximum Gasteiger partial charge on any atom is 0.215 e. The van der Waals surface area contributed by atoms with Crippen LogP contribution in [0.2, 0.25) is 5.02 Å². The number of halogens is 1. The van der Waals surface area contributed by atoms with E-state index in [-0.39, 0.29) is 5.41 Å². The predicted molar refractivity (Wildman–Crippen MR) is 105 cm³/mol. The van der Waals surface area contributed by atoms with Gasteiger partial charge in [0.05, 0.1) is 12.1 Å². The molecule has 0 amide bonds. The number of aliphatic hydroxyl groups is 1. The van der Waals surface area contributed by atoms with Gasteiger partial charge in [-0.05, 0) is 54.6 Å². The summed E-state index contributed by atoms with van der Waals surface area (Å²) in [6.07, 6.45) is 6.50. The van der Waals surface area contributed by atoms with Crippen LogP contribution in [-0.4, -0.2) is 25.5 Å². The summed E-state index contributed by atoms with van der Waals surface area (Å²) in [6.45, 7) is 6.65. The fourth-order valence-electron chi connectivity index (χ4n) is 2.92. The van der Waals surface area contributed by atoms with Crippen molar-refractivity contribution in [3.63, 3.8) is 0 Å². The van der Waals surface area contributed by atoms with E-state index in [2.05, 4.69) is 43.0 Å². The molecule has 0 fully saturated rings. The second kappa shape index (κ2) is 8.47. The number of H-pyrrole nitrogens is 1. The average Bonchev–Trinajstić information content (AvgIpc) is 2.93. The lowest BCUT2D eigenvalue weighted by Crippen LogP contribution is -2.46. The molecule has 2 aromatic rings. The first kappa shape index (κ1) is 20.1. The summed E-state index contributed by atoms with van der Waals surface area (Å²) in [5.41, 5.74) is 0.223. The van der Waals surface area contributed by atoms with E-state index < -0.39 is 5.60 Å². The number of aromatic nitrogens is 3. The molecule has 0 aliphatic heterocycles. The maximum atomic E-state index is 11.3. The maximum absolute atomic E-state index is 11.3. The van der Waals surface area contributed by atoms with Gasteiger partial charge in [-0.25, -0.2) is 4.98 Å². The lowest BCUT2D eigenvalue weighted by Gasteiger charge is -2.40. The first-order chi connectivity index (χ1) is 11.7. The van der Waals surface area contributed by atoms with Crippen molar-refractivity contribution in [3.8, 4) is 0 Å². The number of benzene rings is 1. The third kappa shape index (κ3) is 5.66. The molecule has 4 nitrogen and oxygen atoms in total. The summed E-state index contributed by atoms with van der Waals surface area (Å²) in [6, 6.07) is 8.02. The lowest BCUT2D eigenvalue weighted by molar-refractivity contribution is -0.0816. The molecule has 1 heterocycles. The van der Waals surface area contributed by atoms with E-state index in [4.69, 9.17) is 23.8 Å². The van der Waals surface area contributed by atoms with Crippen molar-refractivity contribution in [2.24, 2.45) is 5.41 Å². The van der Waals surface area contributed by atoms with Crippen LogP contribution in [0.15, 0.2) is 30.6 Å². The number of nitrogens with one attached hydrogen (secondary N) is 1. The van der Waals surface area contributed by atoms with E-state index in [9.17, 15) is 5.11 Å². The molecule has 6 heteroatoms. The van der Waals surface area contributed by atoms with Gasteiger partial charge in [-0.2, -0.15) is 0 Å². The number of aromatic amines is 1. The number of unbranched alkanes of at least 4 members (excludes halogenated alkanes) is 2. The Hall–Kier alpha value is -1.17. The first-order valence-corrected chi connectivity index (χ1v) is 9.57. The van der Waals surface area contributed by atoms with E-state index >= 15 is 0 Å². The molecule has 0 radical (unpaired) electrons. The largest absolute Gasteiger partial charge is 0.387 e. The van der Waals surface area contributed by atoms with Gasteiger partial charge in [0.25, 0.3) is 0 Å². The monoisotopic (exact) mass is 381 g/mol. The Kier molecular flexibility index (Phi) is 6.83. The van der Waals surface area contributed by atoms with Crippen molar-refractivity contribution in [3.05, 3.63) is 45.9 Å². The summed E-state index contributed by atoms with van der Waals surface area (Å²) in [4.78, 5) is 4.03. The van der Waals surface area contributed by atoms with Crippen molar-refractivity contribution >= 4 is 23.8 Å². The normalized spacial score (nSPS) is 14.4. The fourth-order valence-corrected chi connectivity index (χ4v) is 3.22. The van der Waals surface area contributed by atoms with Crippen LogP contribution < -0.4 is 0 Å². The lowest BCUT2D eigenvalue weighted by atomic mass is 9.73. The van der Waals surface area contributed by atoms with Crippen molar-refractivity contribution in [2.75, 3.05) is 0 Å². The Morgan fingerprint density at radius 2 is 1.84 bits per heavy atom. The highest BCUT2D eigenvalue weighted by Gasteiger charge is 2.40. The second-order valence-electron chi connectivity index (χ2n) is 7.72. The molecule has 1 aromatic carbocycles. The second-order valence-corrected chi connectivity index (χ2v) is 8.53. The standard InChI is InChI=1S/C19H28ClN3OS/c1-18(2,3)19(24,13-23-17(25)21-14-22-23)12-6-4-5-7-15-8-10-16(20)11-9-15/h8-11,14,24H,4-7,12-13H2,1-3H3,(H,21,22,25). The average molecular weight is 382 g/mol. The summed E-state index contributed by atoms with van der Waals surface area (Å²) < 4.78 is 2.22. The van der Waals surface area contributed by atoms with Crippen LogP contribution in [0.3, 0.4) is 0 Å². The predicted octanol–water partition coefficient (Wildman–Crippen LogP) is 5.17. The van der Waals surface area contributed by atoms with E-state index in [0.717, 1.165) is 37.1 Å². The SMILES string of the molecule is CC(C)(C)C(O)(CCCCCc1ccc(Cl)cc1)Cn1[nH]cnc1=S. The zero-order valence-electron chi connectivity index (χ0n) is 15.3. The molecule has 1 aromatic heterocycles. The third-order valence-corrected chi connectivity index (χ3v) is 5.48. The molecule has 0 saturated carbocycles. The summed E-state index contributed by atoms with van der Waals surface area (Å²) in [5.74, 6) is 0. The van der Waals surface area contributed by atoms with Crippen molar-refractivity contribution < 1.29 is 5.11 Å². The summed E-state index contributed by atoms with van der Waals surface area (Å²) in [5, 5.41) is 15.0. The molecular formula is C19H28ClN3OS. The Morgan fingerprint density at radius 1 is 1.16 bits per heavy atom. The molecule has 0 saturated heterocycles. The molecule has 25 heavy (non-hydrogen) atoms. The van der Waals surface area contributed by atoms with Crippen LogP contribution in [0.4, 0.5) is 0 Å². The van der Waals surface area contributed by atoms with Gasteiger partial charge in [-0.1, -0.05) is 57.3 Å². The fraction of sp³-hybridized carbons (Fsp3) is 0.579. The van der Waals surface area contributed by atoms with E-state index in [0.29, 0.717) is 11.3 Å². The quantitative estimate of drug-likeness (QED) is 0.489. The van der Waals surface area contributed by atoms with Gasteiger partial charge in [0.2, 0.25) is 4.77 Å². The van der Waals surface area contributed by atoms with Gasteiger partial charge < -0.3 is 5.11 Å². The molecule has 138 valence electrons. The number of aryl methyl sites for hydroxylation is 1. The Labute approximate surface area is 160 Å². The molecule has 0 aliphatic carbocycles. The van der Waals surface area contributed by atoms with Crippen LogP contribution in [0, 0.1) is 10.2 Å². The van der Waals surface area contributed by atoms with E-state index in [1.807, 2.05) is 12.1 Å².